The quantitative estimate of drug-likeness (QED) is 0.140. The molecule has 18 heteroatoms. The van der Waals surface area contributed by atoms with Crippen molar-refractivity contribution in [2.24, 2.45) is 17.8 Å². The summed E-state index contributed by atoms with van der Waals surface area (Å²) >= 11 is 1.33. The standard InChI is InChI=1S/C49H74N4O13S/c1-28(2)22-39(56)64-47-32(6)62-41(25-49(47,7)59)65-44-31(5)63-48(43(58)42(44)53(8)9)66-45-35(20-21-50-26-33-16-18-34(19-17-33)38-27-51-52-67-38)23-29(3)36(54)15-13-11-12-14-30(4)61-40(57)24-37(55)46(45)60-10/h11-13,15-19,27-32,35,37,41-48,50,55,58-59H,14,20-26H2,1-10H3/b12-11+,15-13-/t29-,30-,31-,32+,35+,37-,41+,42-,43-,44-,45+,46+,47+,48+,49-/m1/s1. The van der Waals surface area contributed by atoms with Crippen LogP contribution < -0.4 is 5.32 Å². The zero-order valence-electron chi connectivity index (χ0n) is 40.7. The lowest BCUT2D eigenvalue weighted by atomic mass is 9.82. The molecule has 1 aromatic carbocycles. The lowest BCUT2D eigenvalue weighted by molar-refractivity contribution is -0.344. The number of ketones is 1. The van der Waals surface area contributed by atoms with Gasteiger partial charge >= 0.3 is 11.9 Å². The summed E-state index contributed by atoms with van der Waals surface area (Å²) in [6, 6.07) is 7.36. The van der Waals surface area contributed by atoms with Crippen molar-refractivity contribution in [3.63, 3.8) is 0 Å². The van der Waals surface area contributed by atoms with Crippen LogP contribution in [-0.2, 0) is 54.1 Å². The Hall–Kier alpha value is -3.53. The van der Waals surface area contributed by atoms with Gasteiger partial charge in [0.05, 0.1) is 48.0 Å². The lowest BCUT2D eigenvalue weighted by Gasteiger charge is -2.50. The van der Waals surface area contributed by atoms with E-state index in [1.807, 2.05) is 51.1 Å². The predicted octanol–water partition coefficient (Wildman–Crippen LogP) is 4.76. The highest BCUT2D eigenvalue weighted by Crippen LogP contribution is 2.38. The van der Waals surface area contributed by atoms with E-state index >= 15 is 0 Å². The van der Waals surface area contributed by atoms with Gasteiger partial charge in [0, 0.05) is 38.8 Å². The van der Waals surface area contributed by atoms with Crippen LogP contribution >= 0.6 is 11.5 Å². The Morgan fingerprint density at radius 1 is 1.01 bits per heavy atom. The first-order valence-corrected chi connectivity index (χ1v) is 24.3. The topological polar surface area (TPSA) is 218 Å². The van der Waals surface area contributed by atoms with Gasteiger partial charge in [-0.05, 0) is 102 Å². The Morgan fingerprint density at radius 3 is 2.39 bits per heavy atom. The van der Waals surface area contributed by atoms with Crippen LogP contribution in [0.25, 0.3) is 10.4 Å². The van der Waals surface area contributed by atoms with Crippen molar-refractivity contribution in [3.8, 4) is 10.4 Å². The molecule has 0 unspecified atom stereocenters. The number of nitrogens with zero attached hydrogens (tertiary/aromatic N) is 3. The minimum atomic E-state index is -1.49. The number of esters is 2. The van der Waals surface area contributed by atoms with Gasteiger partial charge in [-0.3, -0.25) is 14.4 Å². The zero-order chi connectivity index (χ0) is 49.0. The van der Waals surface area contributed by atoms with Gasteiger partial charge in [0.25, 0.3) is 0 Å². The molecule has 4 heterocycles. The van der Waals surface area contributed by atoms with E-state index < -0.39 is 109 Å². The first kappa shape index (κ1) is 54.4. The summed E-state index contributed by atoms with van der Waals surface area (Å²) in [5.74, 6) is -2.05. The summed E-state index contributed by atoms with van der Waals surface area (Å²) in [7, 11) is 5.00. The Labute approximate surface area is 399 Å². The van der Waals surface area contributed by atoms with Crippen LogP contribution in [0.15, 0.2) is 54.8 Å². The van der Waals surface area contributed by atoms with Crippen LogP contribution in [0.4, 0.5) is 0 Å². The van der Waals surface area contributed by atoms with E-state index in [1.54, 1.807) is 65.0 Å². The van der Waals surface area contributed by atoms with E-state index in [0.717, 1.165) is 16.0 Å². The number of methoxy groups -OCH3 is 1. The molecule has 3 aliphatic heterocycles. The number of hydrogen-bond acceptors (Lipinski definition) is 18. The molecule has 3 aliphatic rings. The molecule has 0 spiro atoms. The zero-order valence-corrected chi connectivity index (χ0v) is 41.5. The maximum Gasteiger partial charge on any atom is 0.308 e. The monoisotopic (exact) mass is 958 g/mol. The van der Waals surface area contributed by atoms with Crippen molar-refractivity contribution in [2.45, 2.75) is 173 Å². The molecule has 0 amide bonds. The summed E-state index contributed by atoms with van der Waals surface area (Å²) in [5.41, 5.74) is 0.578. The SMILES string of the molecule is CO[C@@H]1[C@@H](O[C@@H]2O[C@H](C)[C@@H](O[C@H]3C[C@@](C)(O)[C@@H](OC(=O)CC(C)C)[C@H](C)O3)[C@H](N(C)C)[C@H]2O)[C@@H](CCNCc2ccc(-c3cnns3)cc2)C[C@@H](C)C(=O)/C=C\C=C\C[C@@H](C)OC(=O)C[C@H]1O. The largest absolute Gasteiger partial charge is 0.462 e. The van der Waals surface area contributed by atoms with Crippen molar-refractivity contribution in [1.82, 2.24) is 19.8 Å². The van der Waals surface area contributed by atoms with Crippen molar-refractivity contribution in [1.29, 1.82) is 0 Å². The lowest BCUT2D eigenvalue weighted by Crippen LogP contribution is -2.66. The molecule has 0 saturated carbocycles. The highest BCUT2D eigenvalue weighted by Gasteiger charge is 2.52. The highest BCUT2D eigenvalue weighted by molar-refractivity contribution is 7.09. The molecule has 67 heavy (non-hydrogen) atoms. The Balaban J connectivity index is 1.40. The van der Waals surface area contributed by atoms with Crippen molar-refractivity contribution in [3.05, 3.63) is 60.3 Å². The average Bonchev–Trinajstić information content (AvgIpc) is 3.79. The number of aromatic nitrogens is 2. The number of rotatable bonds is 15. The Morgan fingerprint density at radius 2 is 1.75 bits per heavy atom. The van der Waals surface area contributed by atoms with Crippen molar-refractivity contribution < 1.29 is 62.9 Å². The fraction of sp³-hybridized carbons (Fsp3) is 0.694. The van der Waals surface area contributed by atoms with Crippen LogP contribution in [0.3, 0.4) is 0 Å². The first-order chi connectivity index (χ1) is 31.8. The van der Waals surface area contributed by atoms with Crippen LogP contribution in [0.5, 0.6) is 0 Å². The number of nitrogens with one attached hydrogen (secondary N) is 1. The molecule has 2 fully saturated rings. The van der Waals surface area contributed by atoms with Gasteiger partial charge in [-0.15, -0.1) is 5.10 Å². The van der Waals surface area contributed by atoms with Gasteiger partial charge in [0.1, 0.15) is 30.0 Å². The molecule has 5 rings (SSSR count). The summed E-state index contributed by atoms with van der Waals surface area (Å²) < 4.78 is 47.4. The van der Waals surface area contributed by atoms with E-state index in [9.17, 15) is 29.7 Å². The molecule has 17 nitrogen and oxygen atoms in total. The first-order valence-electron chi connectivity index (χ1n) is 23.5. The van der Waals surface area contributed by atoms with E-state index in [4.69, 9.17) is 33.2 Å². The van der Waals surface area contributed by atoms with Gasteiger partial charge in [-0.1, -0.05) is 67.8 Å². The van der Waals surface area contributed by atoms with Gasteiger partial charge in [-0.25, -0.2) is 0 Å². The third kappa shape index (κ3) is 15.5. The summed E-state index contributed by atoms with van der Waals surface area (Å²) in [6.07, 6.45) is -1.41. The van der Waals surface area contributed by atoms with Crippen molar-refractivity contribution in [2.75, 3.05) is 27.7 Å². The number of aliphatic hydroxyl groups is 3. The van der Waals surface area contributed by atoms with Crippen LogP contribution in [0.1, 0.15) is 92.6 Å². The third-order valence-corrected chi connectivity index (χ3v) is 13.4. The minimum Gasteiger partial charge on any atom is -0.462 e. The number of ether oxygens (including phenoxy) is 7. The number of allylic oxidation sites excluding steroid dienone is 3. The molecule has 2 saturated heterocycles. The summed E-state index contributed by atoms with van der Waals surface area (Å²) in [5, 5.41) is 43.1. The second-order valence-corrected chi connectivity index (χ2v) is 20.0. The van der Waals surface area contributed by atoms with Gasteiger partial charge < -0.3 is 58.7 Å². The molecule has 0 bridgehead atoms. The average molecular weight is 959 g/mol. The molecule has 4 N–H and O–H groups in total. The summed E-state index contributed by atoms with van der Waals surface area (Å²) in [6.45, 7) is 13.5. The third-order valence-electron chi connectivity index (χ3n) is 12.7. The second-order valence-electron chi connectivity index (χ2n) is 19.2. The maximum atomic E-state index is 13.6. The molecule has 1 aromatic heterocycles. The van der Waals surface area contributed by atoms with Gasteiger partial charge in [-0.2, -0.15) is 0 Å². The fourth-order valence-electron chi connectivity index (χ4n) is 9.21. The highest BCUT2D eigenvalue weighted by atomic mass is 32.1. The van der Waals surface area contributed by atoms with E-state index in [-0.39, 0.29) is 24.5 Å². The van der Waals surface area contributed by atoms with Crippen LogP contribution in [-0.4, -0.2) is 154 Å². The number of benzene rings is 1. The molecule has 0 radical (unpaired) electrons. The van der Waals surface area contributed by atoms with E-state index in [0.29, 0.717) is 32.4 Å². The number of aliphatic hydroxyl groups excluding tert-OH is 2. The number of cyclic esters (lactones) is 1. The number of hydrogen-bond donors (Lipinski definition) is 4. The molecule has 374 valence electrons. The summed E-state index contributed by atoms with van der Waals surface area (Å²) in [4.78, 5) is 42.2. The Kier molecular flexibility index (Phi) is 20.6. The maximum absolute atomic E-state index is 13.6. The molecule has 2 aromatic rings. The molecule has 15 atom stereocenters. The smallest absolute Gasteiger partial charge is 0.308 e. The minimum absolute atomic E-state index is 0.0268. The fourth-order valence-corrected chi connectivity index (χ4v) is 9.72. The molecular formula is C49H74N4O13S. The van der Waals surface area contributed by atoms with Gasteiger partial charge in [0.2, 0.25) is 0 Å². The second kappa shape index (κ2) is 25.4. The van der Waals surface area contributed by atoms with E-state index in [1.165, 1.54) is 24.7 Å². The normalized spacial score (nSPS) is 35.9. The van der Waals surface area contributed by atoms with Crippen molar-refractivity contribution >= 4 is 29.3 Å². The number of carbonyl (C=O) groups excluding carboxylic acids is 3. The van der Waals surface area contributed by atoms with Crippen LogP contribution in [0, 0.1) is 17.8 Å². The number of likely N-dealkylation sites (N-methyl/N-ethyl adjacent to an activating group) is 1. The molecule has 0 aliphatic carbocycles. The predicted molar refractivity (Wildman–Crippen MR) is 250 cm³/mol. The van der Waals surface area contributed by atoms with Crippen LogP contribution in [0.2, 0.25) is 0 Å². The Bertz CT molecular complexity index is 1910. The number of carbonyl (C=O) groups is 3. The van der Waals surface area contributed by atoms with Gasteiger partial charge in [0.15, 0.2) is 24.5 Å². The van der Waals surface area contributed by atoms with E-state index in [2.05, 4.69) is 14.9 Å². The molecular weight excluding hydrogens is 885 g/mol.